The Kier molecular flexibility index (Phi) is 5.07. The van der Waals surface area contributed by atoms with E-state index in [1.165, 1.54) is 26.3 Å². The van der Waals surface area contributed by atoms with E-state index in [1.807, 2.05) is 0 Å². The van der Waals surface area contributed by atoms with Gasteiger partial charge < -0.3 is 15.6 Å². The molecule has 0 bridgehead atoms. The molecule has 1 aromatic rings. The van der Waals surface area contributed by atoms with Crippen LogP contribution in [0.4, 0.5) is 5.69 Å². The van der Waals surface area contributed by atoms with Crippen LogP contribution < -0.4 is 10.5 Å². The van der Waals surface area contributed by atoms with E-state index in [9.17, 15) is 13.5 Å². The summed E-state index contributed by atoms with van der Waals surface area (Å²) in [6.07, 6.45) is 0. The molecule has 6 nitrogen and oxygen atoms in total. The van der Waals surface area contributed by atoms with Crippen LogP contribution in [0.25, 0.3) is 0 Å². The summed E-state index contributed by atoms with van der Waals surface area (Å²) in [6, 6.07) is 2.84. The number of methoxy groups -OCH3 is 1. The summed E-state index contributed by atoms with van der Waals surface area (Å²) < 4.78 is 32.1. The summed E-state index contributed by atoms with van der Waals surface area (Å²) in [4.78, 5) is -0.0373. The topological polar surface area (TPSA) is 92.9 Å². The van der Waals surface area contributed by atoms with Crippen molar-refractivity contribution in [1.82, 2.24) is 4.31 Å². The van der Waals surface area contributed by atoms with Crippen LogP contribution >= 0.6 is 15.9 Å². The molecule has 0 fully saturated rings. The van der Waals surface area contributed by atoms with Crippen LogP contribution in [0.1, 0.15) is 13.8 Å². The van der Waals surface area contributed by atoms with E-state index < -0.39 is 15.6 Å². The largest absolute Gasteiger partial charge is 0.495 e. The smallest absolute Gasteiger partial charge is 0.247 e. The van der Waals surface area contributed by atoms with E-state index in [2.05, 4.69) is 15.9 Å². The molecule has 0 aliphatic heterocycles. The first kappa shape index (κ1) is 17.2. The maximum absolute atomic E-state index is 12.6. The maximum atomic E-state index is 12.6. The number of hydrogen-bond acceptors (Lipinski definition) is 5. The monoisotopic (exact) mass is 366 g/mol. The fraction of sp³-hybridized carbons (Fsp3) is 0.500. The second-order valence-electron chi connectivity index (χ2n) is 4.97. The Morgan fingerprint density at radius 3 is 2.45 bits per heavy atom. The molecular formula is C12H19BrN2O4S. The highest BCUT2D eigenvalue weighted by Crippen LogP contribution is 2.35. The van der Waals surface area contributed by atoms with Crippen LogP contribution in [0.15, 0.2) is 21.5 Å². The van der Waals surface area contributed by atoms with Crippen molar-refractivity contribution in [2.45, 2.75) is 24.3 Å². The van der Waals surface area contributed by atoms with Crippen molar-refractivity contribution in [3.05, 3.63) is 16.6 Å². The molecule has 0 saturated carbocycles. The average molecular weight is 367 g/mol. The fourth-order valence-electron chi connectivity index (χ4n) is 1.48. The van der Waals surface area contributed by atoms with Crippen LogP contribution in [0.5, 0.6) is 5.75 Å². The quantitative estimate of drug-likeness (QED) is 0.768. The number of nitrogens with two attached hydrogens (primary N) is 1. The van der Waals surface area contributed by atoms with E-state index in [-0.39, 0.29) is 17.3 Å². The zero-order chi connectivity index (χ0) is 15.7. The third-order valence-corrected chi connectivity index (χ3v) is 5.94. The first-order valence-electron chi connectivity index (χ1n) is 5.81. The van der Waals surface area contributed by atoms with Crippen molar-refractivity contribution >= 4 is 31.6 Å². The summed E-state index contributed by atoms with van der Waals surface area (Å²) in [5, 5.41) is 9.33. The molecule has 0 unspecified atom stereocenters. The van der Waals surface area contributed by atoms with Gasteiger partial charge in [0.25, 0.3) is 0 Å². The molecule has 0 heterocycles. The number of benzene rings is 1. The summed E-state index contributed by atoms with van der Waals surface area (Å²) in [7, 11) is -1.05. The van der Waals surface area contributed by atoms with Crippen LogP contribution in [-0.2, 0) is 10.0 Å². The lowest BCUT2D eigenvalue weighted by Crippen LogP contribution is -2.47. The molecule has 1 aromatic carbocycles. The van der Waals surface area contributed by atoms with Gasteiger partial charge in [0.2, 0.25) is 10.0 Å². The van der Waals surface area contributed by atoms with Crippen LogP contribution in [0.3, 0.4) is 0 Å². The number of aliphatic hydroxyl groups is 1. The van der Waals surface area contributed by atoms with Crippen molar-refractivity contribution in [2.24, 2.45) is 0 Å². The van der Waals surface area contributed by atoms with Gasteiger partial charge in [-0.25, -0.2) is 8.42 Å². The Bertz CT molecular complexity index is 602. The Labute approximate surface area is 127 Å². The van der Waals surface area contributed by atoms with Crippen molar-refractivity contribution < 1.29 is 18.3 Å². The predicted molar refractivity (Wildman–Crippen MR) is 81.2 cm³/mol. The van der Waals surface area contributed by atoms with E-state index in [4.69, 9.17) is 10.5 Å². The van der Waals surface area contributed by atoms with Crippen molar-refractivity contribution in [1.29, 1.82) is 0 Å². The number of rotatable bonds is 5. The maximum Gasteiger partial charge on any atom is 0.247 e. The molecule has 0 atom stereocenters. The summed E-state index contributed by atoms with van der Waals surface area (Å²) in [5.41, 5.74) is 5.10. The summed E-state index contributed by atoms with van der Waals surface area (Å²) in [6.45, 7) is 2.94. The van der Waals surface area contributed by atoms with E-state index in [0.29, 0.717) is 10.2 Å². The predicted octanol–water partition coefficient (Wildman–Crippen LogP) is 1.43. The molecule has 0 aromatic heterocycles. The number of halogens is 1. The average Bonchev–Trinajstić information content (AvgIpc) is 2.40. The molecule has 0 saturated heterocycles. The van der Waals surface area contributed by atoms with Gasteiger partial charge in [-0.05, 0) is 41.9 Å². The zero-order valence-corrected chi connectivity index (χ0v) is 14.2. The number of anilines is 1. The highest BCUT2D eigenvalue weighted by atomic mass is 79.9. The van der Waals surface area contributed by atoms with Crippen LogP contribution in [-0.4, -0.2) is 44.1 Å². The summed E-state index contributed by atoms with van der Waals surface area (Å²) >= 11 is 3.22. The molecule has 0 aliphatic rings. The lowest BCUT2D eigenvalue weighted by atomic mass is 10.1. The van der Waals surface area contributed by atoms with Gasteiger partial charge in [0, 0.05) is 17.2 Å². The first-order chi connectivity index (χ1) is 9.07. The molecule has 8 heteroatoms. The van der Waals surface area contributed by atoms with Crippen molar-refractivity contribution in [2.75, 3.05) is 26.5 Å². The lowest BCUT2D eigenvalue weighted by molar-refractivity contribution is 0.137. The van der Waals surface area contributed by atoms with E-state index in [0.717, 1.165) is 4.31 Å². The van der Waals surface area contributed by atoms with Gasteiger partial charge in [0.1, 0.15) is 10.6 Å². The molecular weight excluding hydrogens is 348 g/mol. The number of sulfonamides is 1. The Hall–Kier alpha value is -0.830. The molecule has 0 amide bonds. The van der Waals surface area contributed by atoms with Gasteiger partial charge in [0.05, 0.1) is 19.3 Å². The van der Waals surface area contributed by atoms with Crippen LogP contribution in [0, 0.1) is 0 Å². The van der Waals surface area contributed by atoms with Crippen molar-refractivity contribution in [3.63, 3.8) is 0 Å². The van der Waals surface area contributed by atoms with Gasteiger partial charge in [-0.3, -0.25) is 0 Å². The highest BCUT2D eigenvalue weighted by molar-refractivity contribution is 9.10. The SMILES string of the molecule is COc1cc(Br)c(N)cc1S(=O)(=O)N(C)C(C)(C)CO. The van der Waals surface area contributed by atoms with Crippen LogP contribution in [0.2, 0.25) is 0 Å². The molecule has 20 heavy (non-hydrogen) atoms. The molecule has 1 rings (SSSR count). The van der Waals surface area contributed by atoms with E-state index in [1.54, 1.807) is 13.8 Å². The Morgan fingerprint density at radius 1 is 1.45 bits per heavy atom. The Morgan fingerprint density at radius 2 is 2.00 bits per heavy atom. The first-order valence-corrected chi connectivity index (χ1v) is 8.04. The highest BCUT2D eigenvalue weighted by Gasteiger charge is 2.35. The second-order valence-corrected chi connectivity index (χ2v) is 7.76. The number of likely N-dealkylation sites (N-methyl/N-ethyl adjacent to an activating group) is 1. The van der Waals surface area contributed by atoms with Gasteiger partial charge >= 0.3 is 0 Å². The zero-order valence-electron chi connectivity index (χ0n) is 11.8. The molecule has 0 aliphatic carbocycles. The minimum atomic E-state index is -3.84. The molecule has 0 spiro atoms. The van der Waals surface area contributed by atoms with Gasteiger partial charge in [-0.2, -0.15) is 4.31 Å². The van der Waals surface area contributed by atoms with Crippen molar-refractivity contribution in [3.8, 4) is 5.75 Å². The number of nitrogen functional groups attached to an aromatic ring is 1. The number of nitrogens with zero attached hydrogens (tertiary/aromatic N) is 1. The number of aliphatic hydroxyl groups excluding tert-OH is 1. The fourth-order valence-corrected chi connectivity index (χ4v) is 3.48. The Balaban J connectivity index is 3.47. The normalized spacial score (nSPS) is 12.8. The minimum Gasteiger partial charge on any atom is -0.495 e. The standard InChI is InChI=1S/C12H19BrN2O4S/c1-12(2,7-16)15(3)20(17,18)11-6-9(14)8(13)5-10(11)19-4/h5-6,16H,7,14H2,1-4H3. The number of hydrogen-bond donors (Lipinski definition) is 2. The summed E-state index contributed by atoms with van der Waals surface area (Å²) in [5.74, 6) is 0.187. The van der Waals surface area contributed by atoms with Gasteiger partial charge in [0.15, 0.2) is 0 Å². The third-order valence-electron chi connectivity index (χ3n) is 3.16. The second kappa shape index (κ2) is 5.88. The molecule has 114 valence electrons. The number of ether oxygens (including phenoxy) is 1. The van der Waals surface area contributed by atoms with Gasteiger partial charge in [-0.1, -0.05) is 0 Å². The third kappa shape index (κ3) is 3.08. The van der Waals surface area contributed by atoms with Gasteiger partial charge in [-0.15, -0.1) is 0 Å². The lowest BCUT2D eigenvalue weighted by Gasteiger charge is -2.33. The van der Waals surface area contributed by atoms with E-state index >= 15 is 0 Å². The minimum absolute atomic E-state index is 0.0373. The molecule has 3 N–H and O–H groups in total. The molecule has 0 radical (unpaired) electrons.